The molecule has 0 fully saturated rings. The highest BCUT2D eigenvalue weighted by Crippen LogP contribution is 2.20. The van der Waals surface area contributed by atoms with Crippen molar-refractivity contribution < 1.29 is 13.6 Å². The van der Waals surface area contributed by atoms with E-state index in [1.54, 1.807) is 43.8 Å². The maximum Gasteiger partial charge on any atom is 0.269 e. The number of aryl methyl sites for hydroxylation is 1. The van der Waals surface area contributed by atoms with E-state index in [1.807, 2.05) is 18.2 Å². The van der Waals surface area contributed by atoms with Gasteiger partial charge in [0.1, 0.15) is 17.2 Å². The molecule has 0 aliphatic carbocycles. The molecule has 1 aromatic carbocycles. The van der Waals surface area contributed by atoms with Crippen LogP contribution in [-0.2, 0) is 13.6 Å². The standard InChI is InChI=1S/C21H17FN4O2/c1-26-19(12-17(25-26)15-4-6-16(22)7-5-15)21(27)24-13-14-8-9-23-18(11-14)20-3-2-10-28-20/h2-12H,13H2,1H3,(H,24,27). The Hall–Kier alpha value is -3.74. The monoisotopic (exact) mass is 376 g/mol. The van der Waals surface area contributed by atoms with Crippen LogP contribution in [0.3, 0.4) is 0 Å². The van der Waals surface area contributed by atoms with Gasteiger partial charge >= 0.3 is 0 Å². The lowest BCUT2D eigenvalue weighted by atomic mass is 10.1. The van der Waals surface area contributed by atoms with E-state index in [2.05, 4.69) is 15.4 Å². The summed E-state index contributed by atoms with van der Waals surface area (Å²) >= 11 is 0. The number of carbonyl (C=O) groups is 1. The Morgan fingerprint density at radius 3 is 2.71 bits per heavy atom. The predicted octanol–water partition coefficient (Wildman–Crippen LogP) is 3.81. The summed E-state index contributed by atoms with van der Waals surface area (Å²) in [6, 6.07) is 15.0. The number of nitrogens with zero attached hydrogens (tertiary/aromatic N) is 3. The van der Waals surface area contributed by atoms with E-state index in [4.69, 9.17) is 4.42 Å². The number of carbonyl (C=O) groups excluding carboxylic acids is 1. The van der Waals surface area contributed by atoms with Crippen LogP contribution in [-0.4, -0.2) is 20.7 Å². The van der Waals surface area contributed by atoms with Gasteiger partial charge in [0.15, 0.2) is 5.76 Å². The molecule has 0 radical (unpaired) electrons. The molecule has 4 aromatic rings. The number of hydrogen-bond acceptors (Lipinski definition) is 4. The van der Waals surface area contributed by atoms with Gasteiger partial charge in [-0.2, -0.15) is 5.10 Å². The van der Waals surface area contributed by atoms with Crippen molar-refractivity contribution in [2.45, 2.75) is 6.54 Å². The van der Waals surface area contributed by atoms with Crippen molar-refractivity contribution >= 4 is 5.91 Å². The molecule has 7 heteroatoms. The van der Waals surface area contributed by atoms with E-state index in [9.17, 15) is 9.18 Å². The van der Waals surface area contributed by atoms with Crippen LogP contribution in [0.25, 0.3) is 22.7 Å². The maximum absolute atomic E-state index is 13.1. The molecule has 0 saturated heterocycles. The minimum absolute atomic E-state index is 0.250. The lowest BCUT2D eigenvalue weighted by Gasteiger charge is -2.06. The van der Waals surface area contributed by atoms with Crippen molar-refractivity contribution in [3.8, 4) is 22.7 Å². The molecule has 3 heterocycles. The molecule has 0 bridgehead atoms. The van der Waals surface area contributed by atoms with Crippen molar-refractivity contribution in [2.75, 3.05) is 0 Å². The normalized spacial score (nSPS) is 10.8. The lowest BCUT2D eigenvalue weighted by molar-refractivity contribution is 0.0941. The van der Waals surface area contributed by atoms with Crippen molar-refractivity contribution in [3.63, 3.8) is 0 Å². The number of aromatic nitrogens is 3. The zero-order valence-electron chi connectivity index (χ0n) is 15.1. The molecular formula is C21H17FN4O2. The topological polar surface area (TPSA) is 73.0 Å². The van der Waals surface area contributed by atoms with Gasteiger partial charge in [-0.05, 0) is 60.2 Å². The zero-order chi connectivity index (χ0) is 19.5. The molecule has 0 atom stereocenters. The second-order valence-corrected chi connectivity index (χ2v) is 6.25. The van der Waals surface area contributed by atoms with Crippen LogP contribution in [0.15, 0.2) is 71.5 Å². The average molecular weight is 376 g/mol. The van der Waals surface area contributed by atoms with Crippen LogP contribution >= 0.6 is 0 Å². The fourth-order valence-corrected chi connectivity index (χ4v) is 2.86. The van der Waals surface area contributed by atoms with Gasteiger partial charge in [-0.3, -0.25) is 14.5 Å². The maximum atomic E-state index is 13.1. The van der Waals surface area contributed by atoms with E-state index >= 15 is 0 Å². The highest BCUT2D eigenvalue weighted by Gasteiger charge is 2.14. The third kappa shape index (κ3) is 3.68. The molecule has 0 spiro atoms. The summed E-state index contributed by atoms with van der Waals surface area (Å²) in [6.45, 7) is 0.339. The second kappa shape index (κ2) is 7.48. The average Bonchev–Trinajstić information content (AvgIpc) is 3.37. The van der Waals surface area contributed by atoms with E-state index in [1.165, 1.54) is 16.8 Å². The van der Waals surface area contributed by atoms with Gasteiger partial charge in [0.25, 0.3) is 5.91 Å². The summed E-state index contributed by atoms with van der Waals surface area (Å²) in [5, 5.41) is 7.23. The first kappa shape index (κ1) is 17.7. The number of nitrogens with one attached hydrogen (secondary N) is 1. The van der Waals surface area contributed by atoms with Crippen molar-refractivity contribution in [1.29, 1.82) is 0 Å². The molecular weight excluding hydrogens is 359 g/mol. The molecule has 6 nitrogen and oxygen atoms in total. The number of amides is 1. The largest absolute Gasteiger partial charge is 0.463 e. The van der Waals surface area contributed by atoms with Crippen molar-refractivity contribution in [1.82, 2.24) is 20.1 Å². The summed E-state index contributed by atoms with van der Waals surface area (Å²) in [5.41, 5.74) is 3.37. The lowest BCUT2D eigenvalue weighted by Crippen LogP contribution is -2.25. The fraction of sp³-hybridized carbons (Fsp3) is 0.0952. The smallest absolute Gasteiger partial charge is 0.269 e. The third-order valence-electron chi connectivity index (χ3n) is 4.30. The van der Waals surface area contributed by atoms with Crippen LogP contribution in [0, 0.1) is 5.82 Å². The second-order valence-electron chi connectivity index (χ2n) is 6.25. The van der Waals surface area contributed by atoms with Crippen LogP contribution in [0.4, 0.5) is 4.39 Å². The first-order chi connectivity index (χ1) is 13.6. The quantitative estimate of drug-likeness (QED) is 0.575. The van der Waals surface area contributed by atoms with Crippen LogP contribution in [0.1, 0.15) is 16.1 Å². The molecule has 1 N–H and O–H groups in total. The Morgan fingerprint density at radius 1 is 1.14 bits per heavy atom. The molecule has 0 aliphatic heterocycles. The molecule has 0 saturated carbocycles. The van der Waals surface area contributed by atoms with Gasteiger partial charge < -0.3 is 9.73 Å². The Kier molecular flexibility index (Phi) is 4.72. The predicted molar refractivity (Wildman–Crippen MR) is 102 cm³/mol. The SMILES string of the molecule is Cn1nc(-c2ccc(F)cc2)cc1C(=O)NCc1ccnc(-c2ccco2)c1. The molecule has 3 aromatic heterocycles. The molecule has 1 amide bonds. The highest BCUT2D eigenvalue weighted by molar-refractivity contribution is 5.93. The Bertz CT molecular complexity index is 1100. The van der Waals surface area contributed by atoms with E-state index in [0.29, 0.717) is 29.4 Å². The molecule has 140 valence electrons. The Balaban J connectivity index is 1.47. The van der Waals surface area contributed by atoms with E-state index in [0.717, 1.165) is 11.1 Å². The molecule has 0 unspecified atom stereocenters. The van der Waals surface area contributed by atoms with Crippen LogP contribution in [0.2, 0.25) is 0 Å². The fourth-order valence-electron chi connectivity index (χ4n) is 2.86. The highest BCUT2D eigenvalue weighted by atomic mass is 19.1. The van der Waals surface area contributed by atoms with Gasteiger partial charge in [-0.1, -0.05) is 0 Å². The first-order valence-corrected chi connectivity index (χ1v) is 8.67. The van der Waals surface area contributed by atoms with Gasteiger partial charge in [0.2, 0.25) is 0 Å². The summed E-state index contributed by atoms with van der Waals surface area (Å²) < 4.78 is 20.0. The number of furan rings is 1. The van der Waals surface area contributed by atoms with Crippen LogP contribution < -0.4 is 5.32 Å². The van der Waals surface area contributed by atoms with Gasteiger partial charge in [0, 0.05) is 25.4 Å². The van der Waals surface area contributed by atoms with Crippen molar-refractivity contribution in [3.05, 3.63) is 84.1 Å². The molecule has 4 rings (SSSR count). The third-order valence-corrected chi connectivity index (χ3v) is 4.30. The number of rotatable bonds is 5. The summed E-state index contributed by atoms with van der Waals surface area (Å²) in [5.74, 6) is 0.104. The van der Waals surface area contributed by atoms with Gasteiger partial charge in [0.05, 0.1) is 12.0 Å². The van der Waals surface area contributed by atoms with Crippen molar-refractivity contribution in [2.24, 2.45) is 7.05 Å². The van der Waals surface area contributed by atoms with E-state index in [-0.39, 0.29) is 11.7 Å². The minimum atomic E-state index is -0.316. The van der Waals surface area contributed by atoms with E-state index < -0.39 is 0 Å². The summed E-state index contributed by atoms with van der Waals surface area (Å²) in [7, 11) is 1.70. The van der Waals surface area contributed by atoms with Gasteiger partial charge in [-0.15, -0.1) is 0 Å². The number of halogens is 1. The minimum Gasteiger partial charge on any atom is -0.463 e. The molecule has 0 aliphatic rings. The summed E-state index contributed by atoms with van der Waals surface area (Å²) in [4.78, 5) is 16.9. The summed E-state index contributed by atoms with van der Waals surface area (Å²) in [6.07, 6.45) is 3.27. The number of benzene rings is 1. The number of hydrogen-bond donors (Lipinski definition) is 1. The first-order valence-electron chi connectivity index (χ1n) is 8.67. The van der Waals surface area contributed by atoms with Gasteiger partial charge in [-0.25, -0.2) is 4.39 Å². The Labute approximate surface area is 160 Å². The van der Waals surface area contributed by atoms with Crippen LogP contribution in [0.5, 0.6) is 0 Å². The zero-order valence-corrected chi connectivity index (χ0v) is 15.1. The Morgan fingerprint density at radius 2 is 1.96 bits per heavy atom. The molecule has 28 heavy (non-hydrogen) atoms. The number of pyridine rings is 1.